The minimum atomic E-state index is -0.780. The topological polar surface area (TPSA) is 48.4 Å². The first-order valence-corrected chi connectivity index (χ1v) is 9.47. The molecule has 0 bridgehead atoms. The van der Waals surface area contributed by atoms with Crippen molar-refractivity contribution in [3.05, 3.63) is 33.5 Å². The van der Waals surface area contributed by atoms with Gasteiger partial charge in [-0.2, -0.15) is 0 Å². The van der Waals surface area contributed by atoms with E-state index in [0.29, 0.717) is 12.6 Å². The SMILES string of the molecule is Cc1csc(N2CCC(NCC(C)(O)c3cccs3)CC2)n1. The third-order valence-electron chi connectivity index (χ3n) is 4.16. The minimum Gasteiger partial charge on any atom is -0.383 e. The molecule has 0 spiro atoms. The van der Waals surface area contributed by atoms with Crippen LogP contribution in [0.25, 0.3) is 0 Å². The van der Waals surface area contributed by atoms with Crippen LogP contribution < -0.4 is 10.2 Å². The van der Waals surface area contributed by atoms with Gasteiger partial charge in [0.15, 0.2) is 5.13 Å². The van der Waals surface area contributed by atoms with Crippen LogP contribution in [0.5, 0.6) is 0 Å². The van der Waals surface area contributed by atoms with Gasteiger partial charge in [-0.15, -0.1) is 22.7 Å². The van der Waals surface area contributed by atoms with Gasteiger partial charge < -0.3 is 15.3 Å². The van der Waals surface area contributed by atoms with Crippen molar-refractivity contribution in [2.45, 2.75) is 38.3 Å². The van der Waals surface area contributed by atoms with Crippen LogP contribution in [0.3, 0.4) is 0 Å². The first-order valence-electron chi connectivity index (χ1n) is 7.71. The van der Waals surface area contributed by atoms with Crippen molar-refractivity contribution in [1.29, 1.82) is 0 Å². The molecule has 0 saturated carbocycles. The predicted octanol–water partition coefficient (Wildman–Crippen LogP) is 2.98. The van der Waals surface area contributed by atoms with Crippen LogP contribution in [-0.4, -0.2) is 35.8 Å². The number of nitrogens with zero attached hydrogens (tertiary/aromatic N) is 2. The first kappa shape index (κ1) is 15.9. The predicted molar refractivity (Wildman–Crippen MR) is 94.0 cm³/mol. The number of thiophene rings is 1. The maximum Gasteiger partial charge on any atom is 0.185 e. The Labute approximate surface area is 139 Å². The van der Waals surface area contributed by atoms with E-state index in [1.807, 2.05) is 31.4 Å². The standard InChI is InChI=1S/C16H23N3OS2/c1-12-10-22-15(18-12)19-7-5-13(6-8-19)17-11-16(2,20)14-4-3-9-21-14/h3-4,9-10,13,17,20H,5-8,11H2,1-2H3. The largest absolute Gasteiger partial charge is 0.383 e. The lowest BCUT2D eigenvalue weighted by molar-refractivity contribution is 0.0565. The maximum absolute atomic E-state index is 10.6. The molecule has 1 aliphatic heterocycles. The molecular weight excluding hydrogens is 314 g/mol. The zero-order chi connectivity index (χ0) is 15.6. The molecule has 1 fully saturated rings. The molecule has 0 aliphatic carbocycles. The van der Waals surface area contributed by atoms with Crippen molar-refractivity contribution in [1.82, 2.24) is 10.3 Å². The van der Waals surface area contributed by atoms with Crippen molar-refractivity contribution < 1.29 is 5.11 Å². The Morgan fingerprint density at radius 2 is 2.18 bits per heavy atom. The quantitative estimate of drug-likeness (QED) is 0.881. The molecule has 2 N–H and O–H groups in total. The summed E-state index contributed by atoms with van der Waals surface area (Å²) < 4.78 is 0. The molecular formula is C16H23N3OS2. The van der Waals surface area contributed by atoms with E-state index < -0.39 is 5.60 Å². The Balaban J connectivity index is 1.48. The molecule has 0 amide bonds. The summed E-state index contributed by atoms with van der Waals surface area (Å²) in [5.41, 5.74) is 0.324. The zero-order valence-corrected chi connectivity index (χ0v) is 14.7. The minimum absolute atomic E-state index is 0.476. The second-order valence-electron chi connectivity index (χ2n) is 6.16. The summed E-state index contributed by atoms with van der Waals surface area (Å²) in [6, 6.07) is 4.46. The van der Waals surface area contributed by atoms with Gasteiger partial charge in [-0.05, 0) is 38.1 Å². The van der Waals surface area contributed by atoms with Crippen LogP contribution in [0.15, 0.2) is 22.9 Å². The lowest BCUT2D eigenvalue weighted by atomic mass is 10.0. The molecule has 1 atom stereocenters. The molecule has 0 aromatic carbocycles. The van der Waals surface area contributed by atoms with Gasteiger partial charge >= 0.3 is 0 Å². The van der Waals surface area contributed by atoms with Crippen molar-refractivity contribution in [3.8, 4) is 0 Å². The third-order valence-corrected chi connectivity index (χ3v) is 6.30. The Morgan fingerprint density at radius 1 is 1.41 bits per heavy atom. The van der Waals surface area contributed by atoms with E-state index in [0.717, 1.165) is 41.6 Å². The van der Waals surface area contributed by atoms with Gasteiger partial charge in [0.25, 0.3) is 0 Å². The molecule has 120 valence electrons. The number of nitrogens with one attached hydrogen (secondary N) is 1. The summed E-state index contributed by atoms with van der Waals surface area (Å²) in [6.07, 6.45) is 2.19. The van der Waals surface area contributed by atoms with Crippen LogP contribution in [0.2, 0.25) is 0 Å². The van der Waals surface area contributed by atoms with Crippen LogP contribution >= 0.6 is 22.7 Å². The number of rotatable bonds is 5. The summed E-state index contributed by atoms with van der Waals surface area (Å²) in [5.74, 6) is 0. The van der Waals surface area contributed by atoms with Gasteiger partial charge in [0, 0.05) is 35.9 Å². The van der Waals surface area contributed by atoms with Crippen LogP contribution in [0, 0.1) is 6.92 Å². The molecule has 3 rings (SSSR count). The Morgan fingerprint density at radius 3 is 2.77 bits per heavy atom. The average Bonchev–Trinajstić information content (AvgIpc) is 3.17. The number of hydrogen-bond acceptors (Lipinski definition) is 6. The highest BCUT2D eigenvalue weighted by molar-refractivity contribution is 7.13. The number of aliphatic hydroxyl groups is 1. The van der Waals surface area contributed by atoms with E-state index in [1.165, 1.54) is 0 Å². The van der Waals surface area contributed by atoms with Gasteiger partial charge in [0.1, 0.15) is 5.60 Å². The smallest absolute Gasteiger partial charge is 0.185 e. The highest BCUT2D eigenvalue weighted by Gasteiger charge is 2.27. The summed E-state index contributed by atoms with van der Waals surface area (Å²) in [4.78, 5) is 7.96. The fourth-order valence-electron chi connectivity index (χ4n) is 2.78. The van der Waals surface area contributed by atoms with Crippen molar-refractivity contribution in [2.24, 2.45) is 0 Å². The van der Waals surface area contributed by atoms with E-state index in [2.05, 4.69) is 20.6 Å². The molecule has 2 aromatic heterocycles. The van der Waals surface area contributed by atoms with Gasteiger partial charge in [0.05, 0.1) is 5.69 Å². The van der Waals surface area contributed by atoms with Crippen molar-refractivity contribution >= 4 is 27.8 Å². The van der Waals surface area contributed by atoms with Crippen molar-refractivity contribution in [2.75, 3.05) is 24.5 Å². The maximum atomic E-state index is 10.6. The highest BCUT2D eigenvalue weighted by Crippen LogP contribution is 2.26. The summed E-state index contributed by atoms with van der Waals surface area (Å²) in [6.45, 7) is 6.60. The molecule has 6 heteroatoms. The van der Waals surface area contributed by atoms with E-state index >= 15 is 0 Å². The number of aryl methyl sites for hydroxylation is 1. The fraction of sp³-hybridized carbons (Fsp3) is 0.562. The second kappa shape index (κ2) is 6.66. The van der Waals surface area contributed by atoms with Gasteiger partial charge in [-0.25, -0.2) is 4.98 Å². The molecule has 3 heterocycles. The average molecular weight is 338 g/mol. The van der Waals surface area contributed by atoms with Crippen LogP contribution in [0.1, 0.15) is 30.3 Å². The van der Waals surface area contributed by atoms with E-state index in [-0.39, 0.29) is 0 Å². The number of hydrogen-bond donors (Lipinski definition) is 2. The fourth-order valence-corrected chi connectivity index (χ4v) is 4.42. The van der Waals surface area contributed by atoms with Crippen molar-refractivity contribution in [3.63, 3.8) is 0 Å². The zero-order valence-electron chi connectivity index (χ0n) is 13.1. The number of piperidine rings is 1. The molecule has 1 unspecified atom stereocenters. The number of aromatic nitrogens is 1. The second-order valence-corrected chi connectivity index (χ2v) is 7.95. The third kappa shape index (κ3) is 3.68. The number of thiazole rings is 1. The monoisotopic (exact) mass is 337 g/mol. The van der Waals surface area contributed by atoms with E-state index in [1.54, 1.807) is 22.7 Å². The van der Waals surface area contributed by atoms with Crippen LogP contribution in [0.4, 0.5) is 5.13 Å². The normalized spacial score (nSPS) is 19.3. The molecule has 1 saturated heterocycles. The first-order chi connectivity index (χ1) is 10.5. The molecule has 4 nitrogen and oxygen atoms in total. The molecule has 2 aromatic rings. The Hall–Kier alpha value is -0.950. The van der Waals surface area contributed by atoms with Gasteiger partial charge in [-0.1, -0.05) is 6.07 Å². The summed E-state index contributed by atoms with van der Waals surface area (Å²) in [5, 5.41) is 19.4. The van der Waals surface area contributed by atoms with E-state index in [9.17, 15) is 5.11 Å². The molecule has 1 aliphatic rings. The Bertz CT molecular complexity index is 586. The Kier molecular flexibility index (Phi) is 4.82. The summed E-state index contributed by atoms with van der Waals surface area (Å²) in [7, 11) is 0. The molecule has 0 radical (unpaired) electrons. The molecule has 22 heavy (non-hydrogen) atoms. The lowest BCUT2D eigenvalue weighted by Crippen LogP contribution is -2.46. The van der Waals surface area contributed by atoms with E-state index in [4.69, 9.17) is 0 Å². The van der Waals surface area contributed by atoms with Gasteiger partial charge in [0.2, 0.25) is 0 Å². The lowest BCUT2D eigenvalue weighted by Gasteiger charge is -2.34. The van der Waals surface area contributed by atoms with Crippen LogP contribution in [-0.2, 0) is 5.60 Å². The number of anilines is 1. The summed E-state index contributed by atoms with van der Waals surface area (Å²) >= 11 is 3.34. The van der Waals surface area contributed by atoms with Gasteiger partial charge in [-0.3, -0.25) is 0 Å². The highest BCUT2D eigenvalue weighted by atomic mass is 32.1.